The Labute approximate surface area is 249 Å². The lowest BCUT2D eigenvalue weighted by Gasteiger charge is -2.11. The van der Waals surface area contributed by atoms with Gasteiger partial charge in [0, 0.05) is 29.3 Å². The SMILES string of the molecule is N[SH+](=O)c1ccc(Cc2c(-c3ccc(F)c(OCC4CC4(F)F)c3)nn(-c3nc(C(=O)O)cs3)c2CC2CC2)cc1F.[OH-]. The number of hydrogen-bond donors (Lipinski definition) is 2. The average Bonchev–Trinajstić information content (AvgIpc) is 3.74. The fraction of sp³-hybridized carbons (Fsp3) is 0.321. The van der Waals surface area contributed by atoms with E-state index >= 15 is 0 Å². The second-order valence-electron chi connectivity index (χ2n) is 10.6. The van der Waals surface area contributed by atoms with E-state index in [-0.39, 0.29) is 41.3 Å². The first-order valence-electron chi connectivity index (χ1n) is 13.1. The number of hydrogen-bond acceptors (Lipinski definition) is 7. The summed E-state index contributed by atoms with van der Waals surface area (Å²) in [5, 5.41) is 21.3. The molecule has 2 unspecified atom stereocenters. The zero-order chi connectivity index (χ0) is 29.8. The van der Waals surface area contributed by atoms with Crippen molar-refractivity contribution in [3.05, 3.63) is 75.9 Å². The van der Waals surface area contributed by atoms with Crippen LogP contribution in [0.4, 0.5) is 17.6 Å². The molecule has 0 spiro atoms. The highest BCUT2D eigenvalue weighted by Gasteiger charge is 2.57. The minimum Gasteiger partial charge on any atom is -0.870 e. The number of nitrogens with zero attached hydrogens (tertiary/aromatic N) is 3. The first-order valence-corrected chi connectivity index (χ1v) is 15.3. The van der Waals surface area contributed by atoms with E-state index < -0.39 is 40.4 Å². The molecule has 2 aliphatic carbocycles. The Kier molecular flexibility index (Phi) is 8.44. The summed E-state index contributed by atoms with van der Waals surface area (Å²) in [5.74, 6) is -6.26. The van der Waals surface area contributed by atoms with Crippen molar-refractivity contribution in [2.75, 3.05) is 6.61 Å². The lowest BCUT2D eigenvalue weighted by atomic mass is 9.96. The molecule has 228 valence electrons. The third kappa shape index (κ3) is 6.49. The van der Waals surface area contributed by atoms with Crippen molar-refractivity contribution < 1.29 is 41.9 Å². The molecule has 2 heterocycles. The number of carboxylic acid groups (broad SMARTS) is 1. The second-order valence-corrected chi connectivity index (χ2v) is 12.5. The van der Waals surface area contributed by atoms with Crippen molar-refractivity contribution in [1.29, 1.82) is 0 Å². The summed E-state index contributed by atoms with van der Waals surface area (Å²) < 4.78 is 74.9. The predicted octanol–water partition coefficient (Wildman–Crippen LogP) is 5.30. The summed E-state index contributed by atoms with van der Waals surface area (Å²) in [6, 6.07) is 8.26. The molecule has 0 aliphatic heterocycles. The van der Waals surface area contributed by atoms with E-state index in [1.54, 1.807) is 10.7 Å². The lowest BCUT2D eigenvalue weighted by molar-refractivity contribution is 0.0690. The molecular weight excluding hydrogens is 612 g/mol. The molecule has 6 rings (SSSR count). The number of nitrogens with two attached hydrogens (primary N) is 1. The van der Waals surface area contributed by atoms with Crippen LogP contribution in [-0.4, -0.2) is 43.8 Å². The molecule has 0 bridgehead atoms. The van der Waals surface area contributed by atoms with E-state index in [1.807, 2.05) is 0 Å². The van der Waals surface area contributed by atoms with Gasteiger partial charge in [-0.05, 0) is 61.1 Å². The van der Waals surface area contributed by atoms with Gasteiger partial charge in [-0.15, -0.1) is 16.5 Å². The summed E-state index contributed by atoms with van der Waals surface area (Å²) in [6.07, 6.45) is 2.43. The lowest BCUT2D eigenvalue weighted by Crippen LogP contribution is -2.07. The van der Waals surface area contributed by atoms with Crippen LogP contribution in [0.1, 0.15) is 46.6 Å². The molecule has 2 saturated carbocycles. The van der Waals surface area contributed by atoms with Crippen LogP contribution < -0.4 is 9.88 Å². The third-order valence-corrected chi connectivity index (χ3v) is 9.05. The highest BCUT2D eigenvalue weighted by Crippen LogP contribution is 2.48. The molecule has 43 heavy (non-hydrogen) atoms. The van der Waals surface area contributed by atoms with Crippen LogP contribution in [0.25, 0.3) is 16.4 Å². The number of ether oxygens (including phenoxy) is 1. The van der Waals surface area contributed by atoms with Gasteiger partial charge in [-0.3, -0.25) is 0 Å². The van der Waals surface area contributed by atoms with Gasteiger partial charge in [-0.25, -0.2) is 32.0 Å². The van der Waals surface area contributed by atoms with Crippen molar-refractivity contribution in [3.63, 3.8) is 0 Å². The van der Waals surface area contributed by atoms with Gasteiger partial charge in [-0.1, -0.05) is 10.3 Å². The summed E-state index contributed by atoms with van der Waals surface area (Å²) in [5.41, 5.74) is 2.62. The van der Waals surface area contributed by atoms with Crippen LogP contribution in [-0.2, 0) is 28.0 Å². The van der Waals surface area contributed by atoms with Gasteiger partial charge in [0.25, 0.3) is 5.92 Å². The van der Waals surface area contributed by atoms with Gasteiger partial charge in [0.05, 0.1) is 23.9 Å². The summed E-state index contributed by atoms with van der Waals surface area (Å²) >= 11 is 1.09. The quantitative estimate of drug-likeness (QED) is 0.129. The minimum atomic E-state index is -2.82. The minimum absolute atomic E-state index is 0. The van der Waals surface area contributed by atoms with Crippen molar-refractivity contribution in [3.8, 4) is 22.1 Å². The van der Waals surface area contributed by atoms with Crippen LogP contribution in [0, 0.1) is 23.5 Å². The molecule has 2 fully saturated rings. The van der Waals surface area contributed by atoms with Crippen LogP contribution in [0.15, 0.2) is 46.7 Å². The van der Waals surface area contributed by atoms with E-state index in [9.17, 15) is 31.7 Å². The number of carbonyl (C=O) groups is 1. The number of thiazole rings is 1. The summed E-state index contributed by atoms with van der Waals surface area (Å²) in [4.78, 5) is 15.7. The van der Waals surface area contributed by atoms with Crippen molar-refractivity contribution in [1.82, 2.24) is 14.8 Å². The molecule has 0 radical (unpaired) electrons. The Hall–Kier alpha value is -3.66. The van der Waals surface area contributed by atoms with E-state index in [1.165, 1.54) is 29.6 Å². The fourth-order valence-electron chi connectivity index (χ4n) is 4.77. The molecule has 0 saturated heterocycles. The first-order chi connectivity index (χ1) is 20.0. The number of carboxylic acids is 1. The van der Waals surface area contributed by atoms with Gasteiger partial charge >= 0.3 is 5.97 Å². The van der Waals surface area contributed by atoms with Gasteiger partial charge < -0.3 is 15.3 Å². The van der Waals surface area contributed by atoms with Gasteiger partial charge in [0.2, 0.25) is 10.0 Å². The Morgan fingerprint density at radius 1 is 1.19 bits per heavy atom. The number of halogens is 4. The highest BCUT2D eigenvalue weighted by atomic mass is 32.2. The molecule has 15 heteroatoms. The maximum atomic E-state index is 14.7. The molecule has 4 aromatic rings. The van der Waals surface area contributed by atoms with Crippen molar-refractivity contribution >= 4 is 28.3 Å². The Balaban J connectivity index is 0.00000368. The topological polar surface area (TPSA) is 150 Å². The molecule has 2 atom stereocenters. The standard InChI is InChI=1S/C28H24F4N4O4S2.H2O/c29-19-5-4-16(10-23(19)40-12-17-11-28(17,31)32)25-18(7-15-3-6-24(42(33)39)20(30)8-15)22(9-14-1-2-14)36(35-25)27-34-21(13-41-27)26(37)38;/h3-6,8,10,13-14,17H,1-2,7,9,11-12H2,(H2,33,39)(H,37,38);1H2. The maximum absolute atomic E-state index is 14.7. The Bertz CT molecular complexity index is 1720. The van der Waals surface area contributed by atoms with Crippen LogP contribution in [0.2, 0.25) is 0 Å². The first kappa shape index (κ1) is 30.8. The van der Waals surface area contributed by atoms with E-state index in [0.717, 1.165) is 35.9 Å². The number of aromatic nitrogens is 3. The zero-order valence-corrected chi connectivity index (χ0v) is 24.1. The number of benzene rings is 2. The molecule has 4 N–H and O–H groups in total. The normalized spacial score (nSPS) is 17.7. The summed E-state index contributed by atoms with van der Waals surface area (Å²) in [7, 11) is -2.38. The van der Waals surface area contributed by atoms with Crippen molar-refractivity contribution in [2.24, 2.45) is 17.0 Å². The smallest absolute Gasteiger partial charge is 0.355 e. The zero-order valence-electron chi connectivity index (χ0n) is 22.3. The number of alkyl halides is 2. The monoisotopic (exact) mass is 638 g/mol. The Morgan fingerprint density at radius 3 is 2.53 bits per heavy atom. The van der Waals surface area contributed by atoms with Crippen LogP contribution >= 0.6 is 11.3 Å². The average molecular weight is 639 g/mol. The van der Waals surface area contributed by atoms with E-state index in [0.29, 0.717) is 39.9 Å². The molecule has 2 aromatic heterocycles. The van der Waals surface area contributed by atoms with Gasteiger partial charge in [0.1, 0.15) is 0 Å². The third-order valence-electron chi connectivity index (χ3n) is 7.39. The number of aromatic carboxylic acids is 1. The molecule has 9 nitrogen and oxygen atoms in total. The van der Waals surface area contributed by atoms with E-state index in [2.05, 4.69) is 4.98 Å². The summed E-state index contributed by atoms with van der Waals surface area (Å²) in [6.45, 7) is -0.340. The van der Waals surface area contributed by atoms with Gasteiger partial charge in [-0.2, -0.15) is 5.10 Å². The highest BCUT2D eigenvalue weighted by molar-refractivity contribution is 7.82. The molecule has 2 aliphatic rings. The van der Waals surface area contributed by atoms with Crippen LogP contribution in [0.5, 0.6) is 5.75 Å². The number of thiol groups is 1. The second kappa shape index (κ2) is 11.8. The Morgan fingerprint density at radius 2 is 1.93 bits per heavy atom. The molecule has 2 aromatic carbocycles. The van der Waals surface area contributed by atoms with Crippen LogP contribution in [0.3, 0.4) is 0 Å². The molecular formula is C28H26F4N4O5S2. The largest absolute Gasteiger partial charge is 0.870 e. The maximum Gasteiger partial charge on any atom is 0.355 e. The van der Waals surface area contributed by atoms with E-state index in [4.69, 9.17) is 15.0 Å². The molecule has 0 amide bonds. The predicted molar refractivity (Wildman–Crippen MR) is 150 cm³/mol. The number of rotatable bonds is 11. The van der Waals surface area contributed by atoms with Crippen molar-refractivity contribution in [2.45, 2.75) is 42.9 Å². The fourth-order valence-corrected chi connectivity index (χ4v) is 6.04. The van der Waals surface area contributed by atoms with Gasteiger partial charge in [0.15, 0.2) is 34.1 Å².